The van der Waals surface area contributed by atoms with Crippen molar-refractivity contribution in [1.82, 2.24) is 5.32 Å². The van der Waals surface area contributed by atoms with E-state index < -0.39 is 0 Å². The molecule has 1 fully saturated rings. The van der Waals surface area contributed by atoms with Crippen LogP contribution in [-0.4, -0.2) is 13.1 Å². The van der Waals surface area contributed by atoms with Crippen LogP contribution in [0.5, 0.6) is 0 Å². The smallest absolute Gasteiger partial charge is 0.124 e. The molecular formula is C17H25BrFN. The molecule has 0 aliphatic heterocycles. The lowest BCUT2D eigenvalue weighted by Gasteiger charge is -2.38. The van der Waals surface area contributed by atoms with Gasteiger partial charge in [0.05, 0.1) is 0 Å². The quantitative estimate of drug-likeness (QED) is 0.711. The zero-order chi connectivity index (χ0) is 14.4. The molecule has 0 saturated heterocycles. The summed E-state index contributed by atoms with van der Waals surface area (Å²) in [5, 5.41) is 3.61. The SMILES string of the molecule is CCCNCC1(Cc2ccc(F)cc2Br)CCCCC1. The van der Waals surface area contributed by atoms with Crippen molar-refractivity contribution in [3.05, 3.63) is 34.1 Å². The van der Waals surface area contributed by atoms with Crippen molar-refractivity contribution >= 4 is 15.9 Å². The van der Waals surface area contributed by atoms with Crippen molar-refractivity contribution in [2.75, 3.05) is 13.1 Å². The molecule has 3 heteroatoms. The van der Waals surface area contributed by atoms with Gasteiger partial charge in [0.15, 0.2) is 0 Å². The van der Waals surface area contributed by atoms with Crippen molar-refractivity contribution in [3.8, 4) is 0 Å². The van der Waals surface area contributed by atoms with Gasteiger partial charge in [-0.15, -0.1) is 0 Å². The fraction of sp³-hybridized carbons (Fsp3) is 0.647. The Balaban J connectivity index is 2.10. The topological polar surface area (TPSA) is 12.0 Å². The van der Waals surface area contributed by atoms with Gasteiger partial charge in [0, 0.05) is 11.0 Å². The van der Waals surface area contributed by atoms with E-state index in [-0.39, 0.29) is 5.82 Å². The largest absolute Gasteiger partial charge is 0.316 e. The number of nitrogens with one attached hydrogen (secondary N) is 1. The summed E-state index contributed by atoms with van der Waals surface area (Å²) in [6, 6.07) is 5.11. The summed E-state index contributed by atoms with van der Waals surface area (Å²) in [6.07, 6.45) is 8.81. The van der Waals surface area contributed by atoms with Gasteiger partial charge in [-0.1, -0.05) is 48.2 Å². The molecule has 0 spiro atoms. The average molecular weight is 342 g/mol. The Bertz CT molecular complexity index is 427. The fourth-order valence-corrected chi connectivity index (χ4v) is 3.81. The summed E-state index contributed by atoms with van der Waals surface area (Å²) in [6.45, 7) is 4.38. The van der Waals surface area contributed by atoms with E-state index in [9.17, 15) is 4.39 Å². The van der Waals surface area contributed by atoms with E-state index in [4.69, 9.17) is 0 Å². The minimum Gasteiger partial charge on any atom is -0.316 e. The van der Waals surface area contributed by atoms with E-state index in [1.165, 1.54) is 44.1 Å². The van der Waals surface area contributed by atoms with Crippen LogP contribution < -0.4 is 5.32 Å². The molecule has 20 heavy (non-hydrogen) atoms. The highest BCUT2D eigenvalue weighted by molar-refractivity contribution is 9.10. The van der Waals surface area contributed by atoms with Crippen LogP contribution in [0, 0.1) is 11.2 Å². The molecule has 0 radical (unpaired) electrons. The van der Waals surface area contributed by atoms with Gasteiger partial charge in [-0.3, -0.25) is 0 Å². The molecule has 1 aliphatic rings. The molecule has 1 saturated carbocycles. The van der Waals surface area contributed by atoms with Gasteiger partial charge < -0.3 is 5.32 Å². The average Bonchev–Trinajstić information content (AvgIpc) is 2.44. The molecule has 1 aromatic carbocycles. The molecular weight excluding hydrogens is 317 g/mol. The van der Waals surface area contributed by atoms with E-state index in [0.717, 1.165) is 24.0 Å². The Morgan fingerprint density at radius 3 is 2.65 bits per heavy atom. The van der Waals surface area contributed by atoms with Crippen LogP contribution in [0.4, 0.5) is 4.39 Å². The van der Waals surface area contributed by atoms with E-state index in [2.05, 4.69) is 28.2 Å². The Morgan fingerprint density at radius 2 is 2.00 bits per heavy atom. The first-order valence-corrected chi connectivity index (χ1v) is 8.59. The highest BCUT2D eigenvalue weighted by Gasteiger charge is 2.32. The maximum absolute atomic E-state index is 13.2. The van der Waals surface area contributed by atoms with Gasteiger partial charge in [-0.2, -0.15) is 0 Å². The number of halogens is 2. The summed E-state index contributed by atoms with van der Waals surface area (Å²) < 4.78 is 14.1. The molecule has 1 aliphatic carbocycles. The van der Waals surface area contributed by atoms with Crippen LogP contribution in [-0.2, 0) is 6.42 Å². The Hall–Kier alpha value is -0.410. The van der Waals surface area contributed by atoms with Gasteiger partial charge in [0.25, 0.3) is 0 Å². The molecule has 0 atom stereocenters. The third kappa shape index (κ3) is 4.29. The summed E-state index contributed by atoms with van der Waals surface area (Å²) in [4.78, 5) is 0. The van der Waals surface area contributed by atoms with E-state index in [0.29, 0.717) is 5.41 Å². The molecule has 112 valence electrons. The molecule has 0 bridgehead atoms. The van der Waals surface area contributed by atoms with Gasteiger partial charge in [0.1, 0.15) is 5.82 Å². The van der Waals surface area contributed by atoms with Crippen molar-refractivity contribution in [3.63, 3.8) is 0 Å². The number of rotatable bonds is 6. The van der Waals surface area contributed by atoms with Crippen LogP contribution in [0.3, 0.4) is 0 Å². The third-order valence-electron chi connectivity index (χ3n) is 4.42. The second kappa shape index (κ2) is 7.56. The summed E-state index contributed by atoms with van der Waals surface area (Å²) in [5.74, 6) is -0.164. The van der Waals surface area contributed by atoms with Gasteiger partial charge >= 0.3 is 0 Å². The zero-order valence-corrected chi connectivity index (χ0v) is 13.9. The lowest BCUT2D eigenvalue weighted by molar-refractivity contribution is 0.181. The molecule has 0 unspecified atom stereocenters. The van der Waals surface area contributed by atoms with Crippen molar-refractivity contribution in [1.29, 1.82) is 0 Å². The van der Waals surface area contributed by atoms with E-state index >= 15 is 0 Å². The lowest BCUT2D eigenvalue weighted by atomic mass is 9.70. The molecule has 0 amide bonds. The fourth-order valence-electron chi connectivity index (χ4n) is 3.32. The number of hydrogen-bond acceptors (Lipinski definition) is 1. The Labute approximate surface area is 130 Å². The molecule has 1 nitrogen and oxygen atoms in total. The molecule has 0 heterocycles. The van der Waals surface area contributed by atoms with Gasteiger partial charge in [-0.25, -0.2) is 4.39 Å². The summed E-state index contributed by atoms with van der Waals surface area (Å²) >= 11 is 3.52. The van der Waals surface area contributed by atoms with Crippen LogP contribution in [0.15, 0.2) is 22.7 Å². The summed E-state index contributed by atoms with van der Waals surface area (Å²) in [5.41, 5.74) is 1.60. The highest BCUT2D eigenvalue weighted by atomic mass is 79.9. The Kier molecular flexibility index (Phi) is 6.03. The van der Waals surface area contributed by atoms with Crippen molar-refractivity contribution < 1.29 is 4.39 Å². The zero-order valence-electron chi connectivity index (χ0n) is 12.4. The Morgan fingerprint density at radius 1 is 1.25 bits per heavy atom. The number of benzene rings is 1. The van der Waals surface area contributed by atoms with E-state index in [1.54, 1.807) is 12.1 Å². The predicted octanol–water partition coefficient (Wildman–Crippen LogP) is 5.08. The molecule has 0 aromatic heterocycles. The maximum Gasteiger partial charge on any atom is 0.124 e. The third-order valence-corrected chi connectivity index (χ3v) is 5.16. The minimum absolute atomic E-state index is 0.164. The monoisotopic (exact) mass is 341 g/mol. The van der Waals surface area contributed by atoms with Crippen LogP contribution in [0.1, 0.15) is 51.0 Å². The van der Waals surface area contributed by atoms with Crippen molar-refractivity contribution in [2.24, 2.45) is 5.41 Å². The predicted molar refractivity (Wildman–Crippen MR) is 86.5 cm³/mol. The minimum atomic E-state index is -0.164. The van der Waals surface area contributed by atoms with Gasteiger partial charge in [0.2, 0.25) is 0 Å². The van der Waals surface area contributed by atoms with Gasteiger partial charge in [-0.05, 0) is 55.3 Å². The maximum atomic E-state index is 13.2. The van der Waals surface area contributed by atoms with Crippen LogP contribution in [0.2, 0.25) is 0 Å². The molecule has 1 aromatic rings. The molecule has 2 rings (SSSR count). The lowest BCUT2D eigenvalue weighted by Crippen LogP contribution is -2.38. The summed E-state index contributed by atoms with van der Waals surface area (Å²) in [7, 11) is 0. The standard InChI is InChI=1S/C17H25BrFN/c1-2-10-20-13-17(8-4-3-5-9-17)12-14-6-7-15(19)11-16(14)18/h6-7,11,20H,2-5,8-10,12-13H2,1H3. The molecule has 1 N–H and O–H groups in total. The first-order chi connectivity index (χ1) is 9.65. The highest BCUT2D eigenvalue weighted by Crippen LogP contribution is 2.40. The first-order valence-electron chi connectivity index (χ1n) is 7.80. The second-order valence-corrected chi connectivity index (χ2v) is 7.00. The van der Waals surface area contributed by atoms with Crippen LogP contribution in [0.25, 0.3) is 0 Å². The normalized spacial score (nSPS) is 18.1. The first kappa shape index (κ1) is 16.0. The van der Waals surface area contributed by atoms with E-state index in [1.807, 2.05) is 6.07 Å². The van der Waals surface area contributed by atoms with Crippen LogP contribution >= 0.6 is 15.9 Å². The number of hydrogen-bond donors (Lipinski definition) is 1. The van der Waals surface area contributed by atoms with Crippen molar-refractivity contribution in [2.45, 2.75) is 51.9 Å². The second-order valence-electron chi connectivity index (χ2n) is 6.15.